The van der Waals surface area contributed by atoms with E-state index >= 15 is 0 Å². The Kier molecular flexibility index (Phi) is 6.44. The summed E-state index contributed by atoms with van der Waals surface area (Å²) in [6.07, 6.45) is 14.0. The molecule has 2 aliphatic rings. The predicted molar refractivity (Wildman–Crippen MR) is 115 cm³/mol. The average molecular weight is 382 g/mol. The molecule has 0 bridgehead atoms. The second kappa shape index (κ2) is 8.65. The highest BCUT2D eigenvalue weighted by atomic mass is 16.6. The molecule has 3 rings (SSSR count). The number of benzene rings is 1. The van der Waals surface area contributed by atoms with E-state index in [0.717, 1.165) is 38.6 Å². The summed E-state index contributed by atoms with van der Waals surface area (Å²) in [6, 6.07) is 10.9. The fourth-order valence-corrected chi connectivity index (χ4v) is 4.68. The van der Waals surface area contributed by atoms with Gasteiger partial charge >= 0.3 is 5.97 Å². The number of rotatable bonds is 6. The summed E-state index contributed by atoms with van der Waals surface area (Å²) in [5.41, 5.74) is 0.817. The van der Waals surface area contributed by atoms with Crippen LogP contribution in [0.3, 0.4) is 0 Å². The van der Waals surface area contributed by atoms with Gasteiger partial charge in [0.25, 0.3) is 0 Å². The van der Waals surface area contributed by atoms with Gasteiger partial charge in [-0.1, -0.05) is 68.0 Å². The number of nitrogens with zero attached hydrogens (tertiary/aromatic N) is 1. The summed E-state index contributed by atoms with van der Waals surface area (Å²) in [6.45, 7) is 8.99. The lowest BCUT2D eigenvalue weighted by Crippen LogP contribution is -2.54. The van der Waals surface area contributed by atoms with Crippen LogP contribution in [0.4, 0.5) is 0 Å². The van der Waals surface area contributed by atoms with E-state index in [1.165, 1.54) is 5.56 Å². The van der Waals surface area contributed by atoms with Crippen molar-refractivity contribution in [2.75, 3.05) is 0 Å². The van der Waals surface area contributed by atoms with E-state index in [9.17, 15) is 4.79 Å². The molecule has 0 aromatic heterocycles. The van der Waals surface area contributed by atoms with Gasteiger partial charge in [-0.2, -0.15) is 0 Å². The van der Waals surface area contributed by atoms with E-state index in [-0.39, 0.29) is 23.5 Å². The second-order valence-corrected chi connectivity index (χ2v) is 9.20. The lowest BCUT2D eigenvalue weighted by atomic mass is 9.83. The number of esters is 1. The molecule has 0 radical (unpaired) electrons. The largest absolute Gasteiger partial charge is 0.460 e. The Hall–Kier alpha value is -1.87. The van der Waals surface area contributed by atoms with E-state index in [2.05, 4.69) is 66.5 Å². The topological polar surface area (TPSA) is 29.5 Å². The number of carbonyl (C=O) groups is 1. The maximum absolute atomic E-state index is 13.0. The molecule has 0 N–H and O–H groups in total. The van der Waals surface area contributed by atoms with Crippen molar-refractivity contribution in [3.63, 3.8) is 0 Å². The zero-order chi connectivity index (χ0) is 20.2. The summed E-state index contributed by atoms with van der Waals surface area (Å²) >= 11 is 0. The van der Waals surface area contributed by atoms with Crippen LogP contribution in [0.15, 0.2) is 54.6 Å². The molecule has 1 saturated carbocycles. The van der Waals surface area contributed by atoms with Crippen LogP contribution in [0.25, 0.3) is 0 Å². The van der Waals surface area contributed by atoms with E-state index in [1.54, 1.807) is 0 Å². The molecule has 1 aromatic carbocycles. The third-order valence-electron chi connectivity index (χ3n) is 6.09. The van der Waals surface area contributed by atoms with Crippen LogP contribution in [-0.2, 0) is 16.1 Å². The maximum Gasteiger partial charge on any atom is 0.311 e. The Morgan fingerprint density at radius 3 is 2.54 bits per heavy atom. The SMILES string of the molecule is CC[C@]1(N(Cc2ccccc2)[C@H]2CCC[C@@H]2C(=O)OC(C)(C)C)C=CC=CC1. The molecular weight excluding hydrogens is 346 g/mol. The van der Waals surface area contributed by atoms with Crippen molar-refractivity contribution in [1.82, 2.24) is 4.90 Å². The van der Waals surface area contributed by atoms with Crippen molar-refractivity contribution >= 4 is 5.97 Å². The molecule has 3 heteroatoms. The Labute approximate surface area is 170 Å². The first kappa shape index (κ1) is 20.9. The summed E-state index contributed by atoms with van der Waals surface area (Å²) in [7, 11) is 0. The van der Waals surface area contributed by atoms with Crippen LogP contribution >= 0.6 is 0 Å². The van der Waals surface area contributed by atoms with Gasteiger partial charge in [0.15, 0.2) is 0 Å². The lowest BCUT2D eigenvalue weighted by Gasteiger charge is -2.47. The van der Waals surface area contributed by atoms with Crippen molar-refractivity contribution in [3.05, 3.63) is 60.2 Å². The standard InChI is InChI=1S/C25H35NO2/c1-5-25(17-10-7-11-18-25)26(19-20-13-8-6-9-14-20)22-16-12-15-21(22)23(27)28-24(2,3)4/h6-11,13-14,17,21-22H,5,12,15-16,18-19H2,1-4H3/t21-,22-,25-/m0/s1. The van der Waals surface area contributed by atoms with Gasteiger partial charge in [0, 0.05) is 18.1 Å². The Morgan fingerprint density at radius 2 is 1.93 bits per heavy atom. The average Bonchev–Trinajstić information content (AvgIpc) is 3.16. The van der Waals surface area contributed by atoms with Gasteiger partial charge in [0.2, 0.25) is 0 Å². The summed E-state index contributed by atoms with van der Waals surface area (Å²) < 4.78 is 5.81. The summed E-state index contributed by atoms with van der Waals surface area (Å²) in [4.78, 5) is 15.6. The highest BCUT2D eigenvalue weighted by Gasteiger charge is 2.45. The van der Waals surface area contributed by atoms with Gasteiger partial charge in [-0.15, -0.1) is 0 Å². The molecule has 2 aliphatic carbocycles. The number of allylic oxidation sites excluding steroid dienone is 2. The fourth-order valence-electron chi connectivity index (χ4n) is 4.68. The van der Waals surface area contributed by atoms with Crippen molar-refractivity contribution in [1.29, 1.82) is 0 Å². The first-order valence-corrected chi connectivity index (χ1v) is 10.7. The summed E-state index contributed by atoms with van der Waals surface area (Å²) in [5.74, 6) is -0.0830. The molecule has 0 spiro atoms. The van der Waals surface area contributed by atoms with Gasteiger partial charge in [-0.25, -0.2) is 0 Å². The van der Waals surface area contributed by atoms with Gasteiger partial charge in [-0.3, -0.25) is 9.69 Å². The molecule has 0 aliphatic heterocycles. The zero-order valence-electron chi connectivity index (χ0n) is 17.9. The molecule has 0 heterocycles. The van der Waals surface area contributed by atoms with E-state index in [0.29, 0.717) is 0 Å². The minimum atomic E-state index is -0.440. The van der Waals surface area contributed by atoms with E-state index < -0.39 is 5.60 Å². The third-order valence-corrected chi connectivity index (χ3v) is 6.09. The monoisotopic (exact) mass is 381 g/mol. The van der Waals surface area contributed by atoms with E-state index in [4.69, 9.17) is 4.74 Å². The lowest BCUT2D eigenvalue weighted by molar-refractivity contribution is -0.162. The van der Waals surface area contributed by atoms with Crippen LogP contribution in [0.5, 0.6) is 0 Å². The number of ether oxygens (including phenoxy) is 1. The molecule has 1 fully saturated rings. The smallest absolute Gasteiger partial charge is 0.311 e. The molecule has 3 nitrogen and oxygen atoms in total. The summed E-state index contributed by atoms with van der Waals surface area (Å²) in [5, 5.41) is 0. The number of hydrogen-bond donors (Lipinski definition) is 0. The number of hydrogen-bond acceptors (Lipinski definition) is 3. The fraction of sp³-hybridized carbons (Fsp3) is 0.560. The van der Waals surface area contributed by atoms with Crippen LogP contribution < -0.4 is 0 Å². The predicted octanol–water partition coefficient (Wildman–Crippen LogP) is 5.66. The Bertz CT molecular complexity index is 716. The molecule has 28 heavy (non-hydrogen) atoms. The second-order valence-electron chi connectivity index (χ2n) is 9.20. The molecule has 1 aromatic rings. The molecule has 0 amide bonds. The molecule has 0 saturated heterocycles. The highest BCUT2D eigenvalue weighted by molar-refractivity contribution is 5.74. The van der Waals surface area contributed by atoms with Crippen molar-refractivity contribution in [2.45, 2.75) is 83.5 Å². The van der Waals surface area contributed by atoms with Crippen LogP contribution in [-0.4, -0.2) is 28.1 Å². The first-order chi connectivity index (χ1) is 13.3. The zero-order valence-corrected chi connectivity index (χ0v) is 17.9. The third kappa shape index (κ3) is 4.75. The molecule has 152 valence electrons. The Morgan fingerprint density at radius 1 is 1.18 bits per heavy atom. The van der Waals surface area contributed by atoms with Crippen LogP contribution in [0.1, 0.15) is 65.4 Å². The minimum absolute atomic E-state index is 0.0327. The number of carbonyl (C=O) groups excluding carboxylic acids is 1. The van der Waals surface area contributed by atoms with Crippen LogP contribution in [0, 0.1) is 5.92 Å². The quantitative estimate of drug-likeness (QED) is 0.595. The normalized spacial score (nSPS) is 27.3. The van der Waals surface area contributed by atoms with Crippen molar-refractivity contribution in [2.24, 2.45) is 5.92 Å². The van der Waals surface area contributed by atoms with Crippen LogP contribution in [0.2, 0.25) is 0 Å². The molecule has 0 unspecified atom stereocenters. The Balaban J connectivity index is 1.92. The first-order valence-electron chi connectivity index (χ1n) is 10.7. The van der Waals surface area contributed by atoms with Crippen molar-refractivity contribution in [3.8, 4) is 0 Å². The maximum atomic E-state index is 13.0. The van der Waals surface area contributed by atoms with Gasteiger partial charge in [0.05, 0.1) is 5.92 Å². The minimum Gasteiger partial charge on any atom is -0.460 e. The van der Waals surface area contributed by atoms with E-state index in [1.807, 2.05) is 20.8 Å². The van der Waals surface area contributed by atoms with Gasteiger partial charge in [-0.05, 0) is 52.0 Å². The van der Waals surface area contributed by atoms with Gasteiger partial charge < -0.3 is 4.74 Å². The molecular formula is C25H35NO2. The van der Waals surface area contributed by atoms with Crippen molar-refractivity contribution < 1.29 is 9.53 Å². The highest BCUT2D eigenvalue weighted by Crippen LogP contribution is 2.40. The van der Waals surface area contributed by atoms with Gasteiger partial charge in [0.1, 0.15) is 5.60 Å². The molecule has 3 atom stereocenters.